The van der Waals surface area contributed by atoms with Gasteiger partial charge in [-0.25, -0.2) is 4.98 Å². The number of hydrogen-bond donors (Lipinski definition) is 1. The number of primary amides is 1. The molecule has 2 aliphatic rings. The van der Waals surface area contributed by atoms with Crippen LogP contribution in [-0.2, 0) is 20.9 Å². The Morgan fingerprint density at radius 1 is 1.28 bits per heavy atom. The molecule has 9 nitrogen and oxygen atoms in total. The fourth-order valence-corrected chi connectivity index (χ4v) is 4.66. The Morgan fingerprint density at radius 3 is 2.67 bits per heavy atom. The van der Waals surface area contributed by atoms with Crippen molar-refractivity contribution in [2.45, 2.75) is 65.1 Å². The molecule has 1 atom stereocenters. The summed E-state index contributed by atoms with van der Waals surface area (Å²) < 4.78 is 11.3. The maximum atomic E-state index is 13.2. The average molecular weight is 495 g/mol. The number of carbonyl (C=O) groups is 3. The lowest BCUT2D eigenvalue weighted by Crippen LogP contribution is -2.45. The molecule has 2 amide bonds. The van der Waals surface area contributed by atoms with E-state index in [0.717, 1.165) is 47.7 Å². The van der Waals surface area contributed by atoms with Crippen molar-refractivity contribution >= 4 is 23.4 Å². The molecule has 0 bridgehead atoms. The van der Waals surface area contributed by atoms with E-state index in [2.05, 4.69) is 23.0 Å². The van der Waals surface area contributed by atoms with Gasteiger partial charge >= 0.3 is 5.97 Å². The molecule has 192 valence electrons. The van der Waals surface area contributed by atoms with Gasteiger partial charge < -0.3 is 24.7 Å². The van der Waals surface area contributed by atoms with Gasteiger partial charge in [-0.2, -0.15) is 0 Å². The van der Waals surface area contributed by atoms with Gasteiger partial charge in [-0.15, -0.1) is 0 Å². The quantitative estimate of drug-likeness (QED) is 0.587. The van der Waals surface area contributed by atoms with E-state index in [1.54, 1.807) is 26.8 Å². The Balaban J connectivity index is 1.56. The number of rotatable bonds is 7. The summed E-state index contributed by atoms with van der Waals surface area (Å²) in [4.78, 5) is 45.9. The van der Waals surface area contributed by atoms with Crippen LogP contribution in [0.2, 0.25) is 0 Å². The second-order valence-electron chi connectivity index (χ2n) is 10.5. The number of amides is 2. The first-order chi connectivity index (χ1) is 16.9. The highest BCUT2D eigenvalue weighted by Gasteiger charge is 2.36. The number of carbonyl (C=O) groups excluding carboxylic acids is 3. The van der Waals surface area contributed by atoms with E-state index < -0.39 is 23.5 Å². The van der Waals surface area contributed by atoms with E-state index in [4.69, 9.17) is 14.9 Å². The Labute approximate surface area is 211 Å². The molecule has 0 fully saturated rings. The number of nitrogens with two attached hydrogens (primary N) is 1. The molecule has 9 heteroatoms. The van der Waals surface area contributed by atoms with Crippen molar-refractivity contribution in [3.05, 3.63) is 47.1 Å². The zero-order valence-electron chi connectivity index (χ0n) is 21.6. The van der Waals surface area contributed by atoms with Crippen LogP contribution in [0.1, 0.15) is 67.6 Å². The monoisotopic (exact) mass is 494 g/mol. The molecule has 2 N–H and O–H groups in total. The summed E-state index contributed by atoms with van der Waals surface area (Å²) in [6.45, 7) is 9.17. The lowest BCUT2D eigenvalue weighted by atomic mass is 9.99. The van der Waals surface area contributed by atoms with Crippen LogP contribution in [-0.4, -0.2) is 64.3 Å². The van der Waals surface area contributed by atoms with Gasteiger partial charge in [-0.1, -0.05) is 12.1 Å². The maximum Gasteiger partial charge on any atom is 0.306 e. The third-order valence-corrected chi connectivity index (χ3v) is 6.40. The van der Waals surface area contributed by atoms with Crippen molar-refractivity contribution < 1.29 is 23.5 Å². The summed E-state index contributed by atoms with van der Waals surface area (Å²) in [6.07, 6.45) is 3.12. The standard InChI is InChI=1S/C27H34N4O5/c1-16-29-23(24(35-16)17-10-12-30(5)13-11-17)18-6-7-20-19(14-18)15-31(26(20)34)21(25(28)33)8-9-22(32)36-27(2,3)4/h6-7,10,14,21H,8-9,11-13,15H2,1-5H3,(H2,28,33). The van der Waals surface area contributed by atoms with Crippen molar-refractivity contribution in [1.82, 2.24) is 14.8 Å². The van der Waals surface area contributed by atoms with E-state index in [-0.39, 0.29) is 25.3 Å². The number of aryl methyl sites for hydroxylation is 1. The van der Waals surface area contributed by atoms with Crippen LogP contribution in [0, 0.1) is 6.92 Å². The van der Waals surface area contributed by atoms with Gasteiger partial charge in [-0.05, 0) is 63.9 Å². The molecule has 0 radical (unpaired) electrons. The van der Waals surface area contributed by atoms with Gasteiger partial charge in [0.2, 0.25) is 5.91 Å². The van der Waals surface area contributed by atoms with Crippen LogP contribution in [0.25, 0.3) is 16.8 Å². The van der Waals surface area contributed by atoms with Crippen molar-refractivity contribution in [2.24, 2.45) is 5.73 Å². The van der Waals surface area contributed by atoms with Crippen LogP contribution >= 0.6 is 0 Å². The van der Waals surface area contributed by atoms with Crippen LogP contribution < -0.4 is 5.73 Å². The molecule has 0 saturated carbocycles. The number of oxazole rings is 1. The Kier molecular flexibility index (Phi) is 7.04. The fourth-order valence-electron chi connectivity index (χ4n) is 4.66. The smallest absolute Gasteiger partial charge is 0.306 e. The first kappa shape index (κ1) is 25.6. The lowest BCUT2D eigenvalue weighted by Gasteiger charge is -2.25. The summed E-state index contributed by atoms with van der Waals surface area (Å²) in [7, 11) is 2.08. The van der Waals surface area contributed by atoms with Crippen molar-refractivity contribution in [2.75, 3.05) is 20.1 Å². The Morgan fingerprint density at radius 2 is 2.03 bits per heavy atom. The summed E-state index contributed by atoms with van der Waals surface area (Å²) in [5.41, 5.74) is 9.03. The van der Waals surface area contributed by atoms with Crippen LogP contribution in [0.15, 0.2) is 28.7 Å². The number of benzene rings is 1. The van der Waals surface area contributed by atoms with E-state index in [0.29, 0.717) is 11.5 Å². The van der Waals surface area contributed by atoms with E-state index in [9.17, 15) is 14.4 Å². The van der Waals surface area contributed by atoms with Crippen molar-refractivity contribution in [3.63, 3.8) is 0 Å². The molecule has 0 spiro atoms. The zero-order chi connectivity index (χ0) is 26.2. The van der Waals surface area contributed by atoms with Gasteiger partial charge in [0.05, 0.1) is 0 Å². The topological polar surface area (TPSA) is 119 Å². The van der Waals surface area contributed by atoms with Gasteiger partial charge in [0.15, 0.2) is 11.7 Å². The Hall–Kier alpha value is -3.46. The van der Waals surface area contributed by atoms with Gasteiger partial charge in [-0.3, -0.25) is 14.4 Å². The highest BCUT2D eigenvalue weighted by atomic mass is 16.6. The average Bonchev–Trinajstić information content (AvgIpc) is 3.33. The lowest BCUT2D eigenvalue weighted by molar-refractivity contribution is -0.155. The molecular formula is C27H34N4O5. The van der Waals surface area contributed by atoms with Crippen LogP contribution in [0.5, 0.6) is 0 Å². The molecule has 36 heavy (non-hydrogen) atoms. The number of nitrogens with zero attached hydrogens (tertiary/aromatic N) is 3. The summed E-state index contributed by atoms with van der Waals surface area (Å²) >= 11 is 0. The van der Waals surface area contributed by atoms with Gasteiger partial charge in [0.1, 0.15) is 17.3 Å². The minimum Gasteiger partial charge on any atom is -0.460 e. The van der Waals surface area contributed by atoms with Gasteiger partial charge in [0.25, 0.3) is 5.91 Å². The molecule has 1 aromatic carbocycles. The van der Waals surface area contributed by atoms with Crippen molar-refractivity contribution in [3.8, 4) is 11.3 Å². The molecule has 2 aliphatic heterocycles. The molecule has 0 saturated heterocycles. The summed E-state index contributed by atoms with van der Waals surface area (Å²) in [5, 5.41) is 0. The van der Waals surface area contributed by atoms with E-state index >= 15 is 0 Å². The number of likely N-dealkylation sites (N-methyl/N-ethyl adjacent to an activating group) is 1. The first-order valence-electron chi connectivity index (χ1n) is 12.2. The molecule has 1 unspecified atom stereocenters. The normalized spacial score (nSPS) is 17.1. The number of esters is 1. The third-order valence-electron chi connectivity index (χ3n) is 6.40. The fraction of sp³-hybridized carbons (Fsp3) is 0.481. The highest BCUT2D eigenvalue weighted by molar-refractivity contribution is 6.01. The molecule has 2 aromatic rings. The summed E-state index contributed by atoms with van der Waals surface area (Å²) in [6, 6.07) is 4.64. The second kappa shape index (κ2) is 9.89. The number of ether oxygens (including phenoxy) is 1. The third kappa shape index (κ3) is 5.51. The summed E-state index contributed by atoms with van der Waals surface area (Å²) in [5.74, 6) is -0.0249. The SMILES string of the molecule is Cc1nc(-c2ccc3c(c2)CN(C(CCC(=O)OC(C)(C)C)C(N)=O)C3=O)c(C2=CCN(C)CC2)o1. The highest BCUT2D eigenvalue weighted by Crippen LogP contribution is 2.35. The number of aromatic nitrogens is 1. The number of fused-ring (bicyclic) bond motifs is 1. The molecule has 4 rings (SSSR count). The predicted molar refractivity (Wildman–Crippen MR) is 135 cm³/mol. The zero-order valence-corrected chi connectivity index (χ0v) is 21.6. The maximum absolute atomic E-state index is 13.2. The number of hydrogen-bond acceptors (Lipinski definition) is 7. The minimum atomic E-state index is -0.907. The first-order valence-corrected chi connectivity index (χ1v) is 12.2. The Bertz CT molecular complexity index is 1220. The van der Waals surface area contributed by atoms with Crippen LogP contribution in [0.4, 0.5) is 0 Å². The second-order valence-corrected chi connectivity index (χ2v) is 10.5. The molecular weight excluding hydrogens is 460 g/mol. The predicted octanol–water partition coefficient (Wildman–Crippen LogP) is 3.30. The van der Waals surface area contributed by atoms with Crippen LogP contribution in [0.3, 0.4) is 0 Å². The minimum absolute atomic E-state index is 0.0118. The van der Waals surface area contributed by atoms with Gasteiger partial charge in [0, 0.05) is 44.1 Å². The molecule has 1 aromatic heterocycles. The van der Waals surface area contributed by atoms with Crippen molar-refractivity contribution in [1.29, 1.82) is 0 Å². The molecule has 0 aliphatic carbocycles. The van der Waals surface area contributed by atoms with E-state index in [1.807, 2.05) is 19.1 Å². The van der Waals surface area contributed by atoms with E-state index in [1.165, 1.54) is 4.90 Å². The molecule has 3 heterocycles. The largest absolute Gasteiger partial charge is 0.460 e.